The molecule has 3 fully saturated rings. The van der Waals surface area contributed by atoms with E-state index in [-0.39, 0.29) is 48.7 Å². The highest BCUT2D eigenvalue weighted by Crippen LogP contribution is 2.40. The number of hydrogen-bond donors (Lipinski definition) is 3. The second kappa shape index (κ2) is 18.0. The van der Waals surface area contributed by atoms with Crippen LogP contribution in [-0.2, 0) is 47.5 Å². The number of esters is 1. The van der Waals surface area contributed by atoms with Gasteiger partial charge in [0.05, 0.1) is 24.9 Å². The van der Waals surface area contributed by atoms with Gasteiger partial charge in [-0.25, -0.2) is 4.79 Å². The first-order valence-electron chi connectivity index (χ1n) is 18.2. The Morgan fingerprint density at radius 1 is 0.882 bits per heavy atom. The van der Waals surface area contributed by atoms with Crippen LogP contribution in [0, 0.1) is 17.8 Å². The summed E-state index contributed by atoms with van der Waals surface area (Å²) in [5, 5.41) is 34.0. The number of methoxy groups -OCH3 is 2. The number of carbonyl (C=O) groups excluding carboxylic acids is 2. The first kappa shape index (κ1) is 41.9. The summed E-state index contributed by atoms with van der Waals surface area (Å²) in [5.41, 5.74) is -1.86. The monoisotopic (exact) mass is 727 g/mol. The maximum atomic E-state index is 13.4. The Morgan fingerprint density at radius 3 is 2.20 bits per heavy atom. The van der Waals surface area contributed by atoms with Crippen molar-refractivity contribution < 1.29 is 62.8 Å². The molecule has 4 heterocycles. The van der Waals surface area contributed by atoms with Gasteiger partial charge in [0.25, 0.3) is 0 Å². The molecule has 0 spiro atoms. The fraction of sp³-hybridized carbons (Fsp3) is 0.838. The molecule has 3 N–H and O–H groups in total. The van der Waals surface area contributed by atoms with Gasteiger partial charge in [0.2, 0.25) is 0 Å². The molecule has 0 aromatic rings. The van der Waals surface area contributed by atoms with Gasteiger partial charge in [-0.05, 0) is 65.3 Å². The van der Waals surface area contributed by atoms with Gasteiger partial charge in [-0.2, -0.15) is 0 Å². The number of cyclic esters (lactones) is 1. The van der Waals surface area contributed by atoms with E-state index in [9.17, 15) is 24.9 Å². The Morgan fingerprint density at radius 2 is 1.57 bits per heavy atom. The van der Waals surface area contributed by atoms with Crippen molar-refractivity contribution in [2.24, 2.45) is 17.8 Å². The van der Waals surface area contributed by atoms with E-state index in [4.69, 9.17) is 37.9 Å². The second-order valence-electron chi connectivity index (χ2n) is 15.0. The lowest BCUT2D eigenvalue weighted by atomic mass is 9.84. The highest BCUT2D eigenvalue weighted by atomic mass is 16.7. The van der Waals surface area contributed by atoms with Crippen LogP contribution in [0.1, 0.15) is 60.8 Å². The minimum Gasteiger partial charge on any atom is -0.456 e. The molecule has 0 saturated carbocycles. The molecule has 4 aliphatic heterocycles. The Bertz CT molecular complexity index is 1210. The van der Waals surface area contributed by atoms with Gasteiger partial charge < -0.3 is 58.1 Å². The molecule has 0 aromatic heterocycles. The third-order valence-electron chi connectivity index (χ3n) is 10.8. The number of epoxide rings is 1. The van der Waals surface area contributed by atoms with Gasteiger partial charge >= 0.3 is 5.97 Å². The van der Waals surface area contributed by atoms with Crippen LogP contribution in [0.25, 0.3) is 0 Å². The summed E-state index contributed by atoms with van der Waals surface area (Å²) >= 11 is 0. The summed E-state index contributed by atoms with van der Waals surface area (Å²) in [7, 11) is 6.70. The number of aliphatic hydroxyl groups is 3. The van der Waals surface area contributed by atoms with Gasteiger partial charge in [-0.1, -0.05) is 33.8 Å². The predicted molar refractivity (Wildman–Crippen MR) is 184 cm³/mol. The lowest BCUT2D eigenvalue weighted by Gasteiger charge is -2.43. The summed E-state index contributed by atoms with van der Waals surface area (Å²) in [6.07, 6.45) is -1.95. The molecule has 4 rings (SSSR count). The number of ether oxygens (including phenoxy) is 8. The van der Waals surface area contributed by atoms with Crippen LogP contribution in [0.2, 0.25) is 0 Å². The van der Waals surface area contributed by atoms with Crippen LogP contribution in [0.3, 0.4) is 0 Å². The van der Waals surface area contributed by atoms with Crippen molar-refractivity contribution >= 4 is 11.8 Å². The number of nitrogens with zero attached hydrogens (tertiary/aromatic N) is 1. The number of aliphatic hydroxyl groups excluding tert-OH is 2. The molecular formula is C37H61NO13. The standard InChI is InChI=1S/C37H61NO13/c1-11-27-37(43,18-46-36-33(45-10)32(44-9)29(41)23(6)48-36)34-26(49-34)14-13-25(39)20(3)16-21(4)31(19(2)12-15-28(40)50-27)51-35-30(42)24(38(7)8)17-22(5)47-35/h12-15,19-24,26-27,29-36,41-43H,11,16-18H2,1-10H3/b14-13+,15-12+/t19-,20+,21-,22+,23+,24-,26-,27+,29+,30+,31+,32+,33+,34+,35-,36+,37-/m0/s1. The van der Waals surface area contributed by atoms with E-state index in [2.05, 4.69) is 0 Å². The van der Waals surface area contributed by atoms with Crippen LogP contribution < -0.4 is 0 Å². The molecule has 0 amide bonds. The maximum Gasteiger partial charge on any atom is 0.330 e. The average molecular weight is 728 g/mol. The average Bonchev–Trinajstić information content (AvgIpc) is 3.88. The van der Waals surface area contributed by atoms with Crippen LogP contribution in [0.15, 0.2) is 24.3 Å². The molecule has 0 bridgehead atoms. The smallest absolute Gasteiger partial charge is 0.330 e. The number of allylic oxidation sites excluding steroid dienone is 1. The molecule has 14 nitrogen and oxygen atoms in total. The predicted octanol–water partition coefficient (Wildman–Crippen LogP) is 1.76. The fourth-order valence-corrected chi connectivity index (χ4v) is 7.69. The molecule has 0 aromatic carbocycles. The maximum absolute atomic E-state index is 13.4. The minimum absolute atomic E-state index is 0.115. The largest absolute Gasteiger partial charge is 0.456 e. The van der Waals surface area contributed by atoms with Gasteiger partial charge in [-0.3, -0.25) is 4.79 Å². The molecule has 3 saturated heterocycles. The summed E-state index contributed by atoms with van der Waals surface area (Å²) in [4.78, 5) is 28.7. The van der Waals surface area contributed by atoms with E-state index in [0.29, 0.717) is 12.8 Å². The van der Waals surface area contributed by atoms with Crippen molar-refractivity contribution in [1.82, 2.24) is 4.90 Å². The first-order chi connectivity index (χ1) is 24.1. The number of hydrogen-bond acceptors (Lipinski definition) is 14. The van der Waals surface area contributed by atoms with E-state index < -0.39 is 79.1 Å². The molecule has 0 radical (unpaired) electrons. The minimum atomic E-state index is -1.86. The quantitative estimate of drug-likeness (QED) is 0.232. The number of ketones is 1. The van der Waals surface area contributed by atoms with E-state index >= 15 is 0 Å². The second-order valence-corrected chi connectivity index (χ2v) is 15.0. The molecule has 4 aliphatic rings. The van der Waals surface area contributed by atoms with Gasteiger partial charge in [-0.15, -0.1) is 0 Å². The van der Waals surface area contributed by atoms with Crippen LogP contribution in [0.5, 0.6) is 0 Å². The lowest BCUT2D eigenvalue weighted by Crippen LogP contribution is -2.60. The molecule has 0 aliphatic carbocycles. The first-order valence-corrected chi connectivity index (χ1v) is 18.2. The van der Waals surface area contributed by atoms with E-state index in [1.54, 1.807) is 26.0 Å². The summed E-state index contributed by atoms with van der Waals surface area (Å²) < 4.78 is 47.4. The van der Waals surface area contributed by atoms with Crippen molar-refractivity contribution in [3.8, 4) is 0 Å². The molecule has 292 valence electrons. The van der Waals surface area contributed by atoms with Crippen molar-refractivity contribution in [2.75, 3.05) is 34.9 Å². The zero-order valence-corrected chi connectivity index (χ0v) is 31.7. The third kappa shape index (κ3) is 9.84. The third-order valence-corrected chi connectivity index (χ3v) is 10.8. The molecule has 14 heteroatoms. The normalized spacial score (nSPS) is 47.0. The Hall–Kier alpha value is -1.82. The van der Waals surface area contributed by atoms with Crippen molar-refractivity contribution in [3.63, 3.8) is 0 Å². The van der Waals surface area contributed by atoms with Gasteiger partial charge in [0.1, 0.15) is 42.7 Å². The van der Waals surface area contributed by atoms with E-state index in [1.807, 2.05) is 46.7 Å². The molecular weight excluding hydrogens is 666 g/mol. The molecule has 51 heavy (non-hydrogen) atoms. The zero-order chi connectivity index (χ0) is 37.8. The van der Waals surface area contributed by atoms with Crippen molar-refractivity contribution in [1.29, 1.82) is 0 Å². The topological polar surface area (TPSA) is 175 Å². The lowest BCUT2D eigenvalue weighted by molar-refractivity contribution is -0.313. The van der Waals surface area contributed by atoms with Crippen molar-refractivity contribution in [3.05, 3.63) is 24.3 Å². The van der Waals surface area contributed by atoms with Gasteiger partial charge in [0.15, 0.2) is 24.0 Å². The fourth-order valence-electron chi connectivity index (χ4n) is 7.69. The highest BCUT2D eigenvalue weighted by Gasteiger charge is 2.59. The van der Waals surface area contributed by atoms with Crippen molar-refractivity contribution in [2.45, 2.75) is 146 Å². The Kier molecular flexibility index (Phi) is 14.8. The van der Waals surface area contributed by atoms with Crippen LogP contribution in [0.4, 0.5) is 0 Å². The highest BCUT2D eigenvalue weighted by molar-refractivity contribution is 5.91. The number of carbonyl (C=O) groups is 2. The zero-order valence-electron chi connectivity index (χ0n) is 31.7. The number of fused-ring (bicyclic) bond motifs is 1. The summed E-state index contributed by atoms with van der Waals surface area (Å²) in [6, 6.07) is -0.171. The van der Waals surface area contributed by atoms with Crippen LogP contribution >= 0.6 is 0 Å². The van der Waals surface area contributed by atoms with Crippen LogP contribution in [-0.4, -0.2) is 152 Å². The Labute approximate surface area is 302 Å². The van der Waals surface area contributed by atoms with E-state index in [1.165, 1.54) is 26.4 Å². The molecule has 0 unspecified atom stereocenters. The number of likely N-dealkylation sites (N-methyl/N-ethyl adjacent to an activating group) is 1. The SMILES string of the molecule is CC[C@H]1OC(=O)/C=C/[C@H](C)[C@@H](O[C@@H]2O[C@H](C)C[C@H](N(C)C)[C@H]2O)[C@@H](C)C[C@@H](C)C(=O)/C=C/[C@@H]2O[C@H]2[C@]1(O)CO[C@@H]1O[C@H](C)[C@@H](O)[C@@H](OC)[C@H]1OC. The van der Waals surface area contributed by atoms with E-state index in [0.717, 1.165) is 0 Å². The van der Waals surface area contributed by atoms with Gasteiger partial charge in [0, 0.05) is 38.2 Å². The molecule has 17 atom stereocenters. The number of rotatable bonds is 9. The Balaban J connectivity index is 1.59. The summed E-state index contributed by atoms with van der Waals surface area (Å²) in [5.74, 6) is -1.71. The summed E-state index contributed by atoms with van der Waals surface area (Å²) in [6.45, 7) is 10.7.